The number of epoxide rings is 1. The zero-order valence-corrected chi connectivity index (χ0v) is 11.2. The fourth-order valence-electron chi connectivity index (χ4n) is 2.21. The van der Waals surface area contributed by atoms with Crippen LogP contribution < -0.4 is 0 Å². The molecule has 0 aromatic carbocycles. The van der Waals surface area contributed by atoms with E-state index in [9.17, 15) is 9.59 Å². The molecule has 5 nitrogen and oxygen atoms in total. The van der Waals surface area contributed by atoms with Crippen molar-refractivity contribution >= 4 is 11.8 Å². The molecule has 2 aliphatic heterocycles. The van der Waals surface area contributed by atoms with Gasteiger partial charge >= 0.3 is 0 Å². The van der Waals surface area contributed by atoms with Crippen molar-refractivity contribution in [2.24, 2.45) is 5.92 Å². The lowest BCUT2D eigenvalue weighted by Crippen LogP contribution is -2.37. The van der Waals surface area contributed by atoms with E-state index in [1.165, 1.54) is 0 Å². The van der Waals surface area contributed by atoms with Crippen molar-refractivity contribution in [1.29, 1.82) is 0 Å². The highest BCUT2D eigenvalue weighted by Crippen LogP contribution is 2.14. The second-order valence-corrected chi connectivity index (χ2v) is 5.52. The van der Waals surface area contributed by atoms with Crippen molar-refractivity contribution in [3.05, 3.63) is 0 Å². The molecule has 0 spiro atoms. The van der Waals surface area contributed by atoms with Crippen LogP contribution in [0, 0.1) is 5.92 Å². The number of rotatable bonds is 4. The predicted molar refractivity (Wildman–Crippen MR) is 67.0 cm³/mol. The lowest BCUT2D eigenvalue weighted by atomic mass is 10.1. The second kappa shape index (κ2) is 5.69. The van der Waals surface area contributed by atoms with Crippen LogP contribution in [0.1, 0.15) is 26.7 Å². The Balaban J connectivity index is 1.85. The van der Waals surface area contributed by atoms with Crippen LogP contribution in [0.4, 0.5) is 0 Å². The lowest BCUT2D eigenvalue weighted by Gasteiger charge is -2.22. The van der Waals surface area contributed by atoms with Gasteiger partial charge in [-0.3, -0.25) is 9.59 Å². The maximum atomic E-state index is 12.0. The molecule has 0 saturated carbocycles. The maximum absolute atomic E-state index is 12.0. The van der Waals surface area contributed by atoms with E-state index in [1.54, 1.807) is 0 Å². The second-order valence-electron chi connectivity index (χ2n) is 5.52. The van der Waals surface area contributed by atoms with E-state index in [0.29, 0.717) is 44.9 Å². The Kier molecular flexibility index (Phi) is 4.22. The summed E-state index contributed by atoms with van der Waals surface area (Å²) in [6.45, 7) is 7.39. The third-order valence-electron chi connectivity index (χ3n) is 3.35. The summed E-state index contributed by atoms with van der Waals surface area (Å²) < 4.78 is 5.15. The van der Waals surface area contributed by atoms with Gasteiger partial charge in [0, 0.05) is 39.0 Å². The molecule has 2 rings (SSSR count). The Morgan fingerprint density at radius 1 is 1.39 bits per heavy atom. The molecule has 2 saturated heterocycles. The van der Waals surface area contributed by atoms with Gasteiger partial charge in [0.1, 0.15) is 0 Å². The molecule has 0 aliphatic carbocycles. The van der Waals surface area contributed by atoms with E-state index in [1.807, 2.05) is 23.6 Å². The van der Waals surface area contributed by atoms with E-state index in [-0.39, 0.29) is 17.9 Å². The van der Waals surface area contributed by atoms with Gasteiger partial charge < -0.3 is 14.5 Å². The van der Waals surface area contributed by atoms with Crippen molar-refractivity contribution in [3.8, 4) is 0 Å². The molecule has 0 radical (unpaired) electrons. The molecule has 18 heavy (non-hydrogen) atoms. The third-order valence-corrected chi connectivity index (χ3v) is 3.35. The van der Waals surface area contributed by atoms with Gasteiger partial charge in [0.2, 0.25) is 11.8 Å². The lowest BCUT2D eigenvalue weighted by molar-refractivity contribution is -0.131. The molecule has 5 heteroatoms. The van der Waals surface area contributed by atoms with Gasteiger partial charge in [0.25, 0.3) is 0 Å². The van der Waals surface area contributed by atoms with Crippen LogP contribution in [-0.2, 0) is 14.3 Å². The summed E-state index contributed by atoms with van der Waals surface area (Å²) in [7, 11) is 0. The van der Waals surface area contributed by atoms with Crippen LogP contribution >= 0.6 is 0 Å². The summed E-state index contributed by atoms with van der Waals surface area (Å²) >= 11 is 0. The van der Waals surface area contributed by atoms with Crippen molar-refractivity contribution < 1.29 is 14.3 Å². The Morgan fingerprint density at radius 2 is 2.11 bits per heavy atom. The van der Waals surface area contributed by atoms with Crippen molar-refractivity contribution in [2.45, 2.75) is 32.8 Å². The average Bonchev–Trinajstić information content (AvgIpc) is 3.09. The number of carbonyl (C=O) groups excluding carboxylic acids is 2. The minimum absolute atomic E-state index is 0.144. The van der Waals surface area contributed by atoms with Gasteiger partial charge in [0.15, 0.2) is 0 Å². The third kappa shape index (κ3) is 3.70. The number of hydrogen-bond donors (Lipinski definition) is 0. The Hall–Kier alpha value is -1.10. The number of hydrogen-bond acceptors (Lipinski definition) is 3. The van der Waals surface area contributed by atoms with Crippen LogP contribution in [0.25, 0.3) is 0 Å². The molecule has 2 fully saturated rings. The minimum Gasteiger partial charge on any atom is -0.371 e. The molecule has 0 aromatic rings. The van der Waals surface area contributed by atoms with Crippen LogP contribution in [-0.4, -0.2) is 60.5 Å². The molecule has 2 amide bonds. The van der Waals surface area contributed by atoms with Crippen molar-refractivity contribution in [2.75, 3.05) is 32.8 Å². The number of carbonyl (C=O) groups is 2. The summed E-state index contributed by atoms with van der Waals surface area (Å²) in [6, 6.07) is 0. The fourth-order valence-corrected chi connectivity index (χ4v) is 2.21. The molecule has 2 heterocycles. The molecule has 1 atom stereocenters. The van der Waals surface area contributed by atoms with Gasteiger partial charge in [0.05, 0.1) is 12.7 Å². The summed E-state index contributed by atoms with van der Waals surface area (Å²) in [4.78, 5) is 27.5. The number of nitrogens with zero attached hydrogens (tertiary/aromatic N) is 2. The van der Waals surface area contributed by atoms with Crippen LogP contribution in [0.15, 0.2) is 0 Å². The molecule has 102 valence electrons. The summed E-state index contributed by atoms with van der Waals surface area (Å²) in [6.07, 6.45) is 1.24. The highest BCUT2D eigenvalue weighted by atomic mass is 16.6. The van der Waals surface area contributed by atoms with E-state index in [0.717, 1.165) is 6.61 Å². The van der Waals surface area contributed by atoms with Crippen molar-refractivity contribution in [3.63, 3.8) is 0 Å². The first-order chi connectivity index (χ1) is 8.56. The first kappa shape index (κ1) is 13.3. The van der Waals surface area contributed by atoms with Gasteiger partial charge in [-0.1, -0.05) is 13.8 Å². The zero-order chi connectivity index (χ0) is 13.1. The summed E-state index contributed by atoms with van der Waals surface area (Å²) in [5, 5.41) is 0. The number of amides is 2. The number of ether oxygens (including phenoxy) is 1. The SMILES string of the molecule is CC(C)CC(=O)N1CCC(=O)N(C[C@H]2CO2)CC1. The smallest absolute Gasteiger partial charge is 0.224 e. The zero-order valence-electron chi connectivity index (χ0n) is 11.2. The molecule has 0 unspecified atom stereocenters. The molecular weight excluding hydrogens is 232 g/mol. The van der Waals surface area contributed by atoms with E-state index >= 15 is 0 Å². The van der Waals surface area contributed by atoms with Gasteiger partial charge in [-0.25, -0.2) is 0 Å². The average molecular weight is 254 g/mol. The summed E-state index contributed by atoms with van der Waals surface area (Å²) in [5.74, 6) is 0.681. The Morgan fingerprint density at radius 3 is 2.72 bits per heavy atom. The van der Waals surface area contributed by atoms with E-state index in [4.69, 9.17) is 4.74 Å². The van der Waals surface area contributed by atoms with Gasteiger partial charge in [-0.05, 0) is 5.92 Å². The topological polar surface area (TPSA) is 53.2 Å². The van der Waals surface area contributed by atoms with Crippen LogP contribution in [0.3, 0.4) is 0 Å². The van der Waals surface area contributed by atoms with Crippen molar-refractivity contribution in [1.82, 2.24) is 9.80 Å². The normalized spacial score (nSPS) is 24.4. The minimum atomic E-state index is 0.144. The Bertz CT molecular complexity index is 326. The molecular formula is C13H22N2O3. The standard InChI is InChI=1S/C13H22N2O3/c1-10(2)7-13(17)14-4-3-12(16)15(6-5-14)8-11-9-18-11/h10-11H,3-9H2,1-2H3/t11-/m0/s1. The highest BCUT2D eigenvalue weighted by molar-refractivity contribution is 5.80. The molecule has 0 aromatic heterocycles. The summed E-state index contributed by atoms with van der Waals surface area (Å²) in [5.41, 5.74) is 0. The Labute approximate surface area is 108 Å². The van der Waals surface area contributed by atoms with E-state index < -0.39 is 0 Å². The predicted octanol–water partition coefficient (Wildman–Crippen LogP) is 0.492. The molecule has 2 aliphatic rings. The van der Waals surface area contributed by atoms with Gasteiger partial charge in [-0.15, -0.1) is 0 Å². The highest BCUT2D eigenvalue weighted by Gasteiger charge is 2.30. The first-order valence-corrected chi connectivity index (χ1v) is 6.73. The molecule has 0 N–H and O–H groups in total. The molecule has 0 bridgehead atoms. The monoisotopic (exact) mass is 254 g/mol. The quantitative estimate of drug-likeness (QED) is 0.686. The fraction of sp³-hybridized carbons (Fsp3) is 0.846. The van der Waals surface area contributed by atoms with Crippen LogP contribution in [0.5, 0.6) is 0 Å². The van der Waals surface area contributed by atoms with Gasteiger partial charge in [-0.2, -0.15) is 0 Å². The first-order valence-electron chi connectivity index (χ1n) is 6.73. The van der Waals surface area contributed by atoms with Crippen LogP contribution in [0.2, 0.25) is 0 Å². The largest absolute Gasteiger partial charge is 0.371 e. The maximum Gasteiger partial charge on any atom is 0.224 e. The van der Waals surface area contributed by atoms with E-state index in [2.05, 4.69) is 0 Å².